The molecule has 0 aliphatic carbocycles. The molecule has 1 aromatic rings. The summed E-state index contributed by atoms with van der Waals surface area (Å²) >= 11 is 0. The summed E-state index contributed by atoms with van der Waals surface area (Å²) in [6.07, 6.45) is 4.76. The van der Waals surface area contributed by atoms with Crippen molar-refractivity contribution in [2.24, 2.45) is 0 Å². The van der Waals surface area contributed by atoms with Gasteiger partial charge in [0.05, 0.1) is 6.10 Å². The lowest BCUT2D eigenvalue weighted by Gasteiger charge is -2.25. The summed E-state index contributed by atoms with van der Waals surface area (Å²) in [6, 6.07) is 9.45. The Morgan fingerprint density at radius 1 is 1.37 bits per heavy atom. The van der Waals surface area contributed by atoms with Gasteiger partial charge in [0.15, 0.2) is 0 Å². The lowest BCUT2D eigenvalue weighted by atomic mass is 10.1. The smallest absolute Gasteiger partial charge is 0.321 e. The van der Waals surface area contributed by atoms with Crippen molar-refractivity contribution in [1.82, 2.24) is 4.90 Å². The number of rotatable bonds is 4. The Bertz CT molecular complexity index is 388. The number of amides is 2. The number of nitrogens with zero attached hydrogens (tertiary/aromatic N) is 1. The van der Waals surface area contributed by atoms with E-state index < -0.39 is 0 Å². The van der Waals surface area contributed by atoms with E-state index >= 15 is 0 Å². The number of hydrogen-bond acceptors (Lipinski definition) is 2. The van der Waals surface area contributed by atoms with Crippen LogP contribution in [0.25, 0.3) is 0 Å². The maximum Gasteiger partial charge on any atom is 0.321 e. The van der Waals surface area contributed by atoms with E-state index in [1.54, 1.807) is 4.90 Å². The zero-order valence-corrected chi connectivity index (χ0v) is 11.5. The molecule has 19 heavy (non-hydrogen) atoms. The molecular formula is C15H22N2O2. The molecule has 0 aromatic heterocycles. The molecule has 2 amide bonds. The molecule has 0 saturated carbocycles. The van der Waals surface area contributed by atoms with E-state index in [4.69, 9.17) is 4.74 Å². The third-order valence-electron chi connectivity index (χ3n) is 3.43. The predicted molar refractivity (Wildman–Crippen MR) is 76.3 cm³/mol. The highest BCUT2D eigenvalue weighted by Gasteiger charge is 2.16. The van der Waals surface area contributed by atoms with Gasteiger partial charge in [-0.1, -0.05) is 18.2 Å². The van der Waals surface area contributed by atoms with E-state index in [-0.39, 0.29) is 6.03 Å². The second kappa shape index (κ2) is 7.14. The minimum absolute atomic E-state index is 0.0676. The molecule has 4 nitrogen and oxygen atoms in total. The maximum atomic E-state index is 12.0. The Kier molecular flexibility index (Phi) is 5.21. The summed E-state index contributed by atoms with van der Waals surface area (Å²) in [5.74, 6) is 0. The molecule has 104 valence electrons. The molecule has 0 unspecified atom stereocenters. The number of para-hydroxylation sites is 1. The molecular weight excluding hydrogens is 240 g/mol. The van der Waals surface area contributed by atoms with Gasteiger partial charge >= 0.3 is 6.03 Å². The zero-order chi connectivity index (χ0) is 13.5. The quantitative estimate of drug-likeness (QED) is 0.906. The van der Waals surface area contributed by atoms with Crippen LogP contribution in [-0.2, 0) is 4.74 Å². The topological polar surface area (TPSA) is 41.6 Å². The zero-order valence-electron chi connectivity index (χ0n) is 11.5. The minimum Gasteiger partial charge on any atom is -0.378 e. The summed E-state index contributed by atoms with van der Waals surface area (Å²) in [5.41, 5.74) is 0.827. The van der Waals surface area contributed by atoms with Crippen molar-refractivity contribution < 1.29 is 9.53 Å². The molecule has 0 spiro atoms. The molecule has 0 radical (unpaired) electrons. The molecule has 1 heterocycles. The molecule has 4 heteroatoms. The van der Waals surface area contributed by atoms with Crippen LogP contribution >= 0.6 is 0 Å². The molecule has 2 rings (SSSR count). The summed E-state index contributed by atoms with van der Waals surface area (Å²) in [7, 11) is 1.82. The normalized spacial score (nSPS) is 18.9. The average molecular weight is 262 g/mol. The van der Waals surface area contributed by atoms with Crippen molar-refractivity contribution in [3.8, 4) is 0 Å². The van der Waals surface area contributed by atoms with E-state index in [9.17, 15) is 4.79 Å². The van der Waals surface area contributed by atoms with E-state index in [0.717, 1.165) is 31.7 Å². The van der Waals surface area contributed by atoms with Gasteiger partial charge in [-0.25, -0.2) is 4.79 Å². The number of benzene rings is 1. The first kappa shape index (κ1) is 13.9. The highest BCUT2D eigenvalue weighted by molar-refractivity contribution is 5.89. The minimum atomic E-state index is -0.0676. The van der Waals surface area contributed by atoms with E-state index in [0.29, 0.717) is 6.10 Å². The van der Waals surface area contributed by atoms with Crippen LogP contribution < -0.4 is 5.32 Å². The van der Waals surface area contributed by atoms with Crippen molar-refractivity contribution in [3.63, 3.8) is 0 Å². The fraction of sp³-hybridized carbons (Fsp3) is 0.533. The highest BCUT2D eigenvalue weighted by atomic mass is 16.5. The number of carbonyl (C=O) groups excluding carboxylic acids is 1. The van der Waals surface area contributed by atoms with Crippen LogP contribution in [-0.4, -0.2) is 37.2 Å². The van der Waals surface area contributed by atoms with E-state index in [2.05, 4.69) is 5.32 Å². The average Bonchev–Trinajstić information content (AvgIpc) is 2.47. The monoisotopic (exact) mass is 262 g/mol. The van der Waals surface area contributed by atoms with Gasteiger partial charge in [0.25, 0.3) is 0 Å². The number of urea groups is 1. The molecule has 1 saturated heterocycles. The summed E-state index contributed by atoms with van der Waals surface area (Å²) in [6.45, 7) is 1.59. The molecule has 1 aromatic carbocycles. The van der Waals surface area contributed by atoms with Gasteiger partial charge in [-0.2, -0.15) is 0 Å². The Hall–Kier alpha value is -1.55. The summed E-state index contributed by atoms with van der Waals surface area (Å²) in [5, 5.41) is 2.88. The van der Waals surface area contributed by atoms with Crippen molar-refractivity contribution in [1.29, 1.82) is 0 Å². The molecule has 0 bridgehead atoms. The van der Waals surface area contributed by atoms with Gasteiger partial charge < -0.3 is 15.0 Å². The number of anilines is 1. The number of hydrogen-bond donors (Lipinski definition) is 1. The Labute approximate surface area is 114 Å². The first-order chi connectivity index (χ1) is 9.25. The third-order valence-corrected chi connectivity index (χ3v) is 3.43. The fourth-order valence-corrected chi connectivity index (χ4v) is 2.21. The van der Waals surface area contributed by atoms with E-state index in [1.165, 1.54) is 12.8 Å². The second-order valence-electron chi connectivity index (χ2n) is 4.99. The third kappa shape index (κ3) is 4.56. The van der Waals surface area contributed by atoms with Gasteiger partial charge in [-0.15, -0.1) is 0 Å². The van der Waals surface area contributed by atoms with Crippen LogP contribution in [0.4, 0.5) is 10.5 Å². The van der Waals surface area contributed by atoms with Crippen molar-refractivity contribution in [3.05, 3.63) is 30.3 Å². The molecule has 1 aliphatic rings. The molecule has 1 aliphatic heterocycles. The van der Waals surface area contributed by atoms with Crippen LogP contribution in [0.5, 0.6) is 0 Å². The Morgan fingerprint density at radius 3 is 2.84 bits per heavy atom. The van der Waals surface area contributed by atoms with E-state index in [1.807, 2.05) is 37.4 Å². The molecule has 1 N–H and O–H groups in total. The van der Waals surface area contributed by atoms with Crippen LogP contribution in [0.15, 0.2) is 30.3 Å². The predicted octanol–water partition coefficient (Wildman–Crippen LogP) is 3.11. The summed E-state index contributed by atoms with van der Waals surface area (Å²) in [4.78, 5) is 13.7. The SMILES string of the molecule is CN(CC[C@H]1CCCCO1)C(=O)Nc1ccccc1. The van der Waals surface area contributed by atoms with Crippen LogP contribution in [0, 0.1) is 0 Å². The van der Waals surface area contributed by atoms with Gasteiger partial charge in [-0.3, -0.25) is 0 Å². The Morgan fingerprint density at radius 2 is 2.16 bits per heavy atom. The highest BCUT2D eigenvalue weighted by Crippen LogP contribution is 2.16. The Balaban J connectivity index is 1.73. The summed E-state index contributed by atoms with van der Waals surface area (Å²) < 4.78 is 5.67. The largest absolute Gasteiger partial charge is 0.378 e. The number of carbonyl (C=O) groups is 1. The maximum absolute atomic E-state index is 12.0. The van der Waals surface area contributed by atoms with Gasteiger partial charge in [0, 0.05) is 25.9 Å². The first-order valence-electron chi connectivity index (χ1n) is 6.94. The van der Waals surface area contributed by atoms with Crippen molar-refractivity contribution in [2.45, 2.75) is 31.8 Å². The number of nitrogens with one attached hydrogen (secondary N) is 1. The molecule has 1 atom stereocenters. The van der Waals surface area contributed by atoms with Gasteiger partial charge in [0.2, 0.25) is 0 Å². The van der Waals surface area contributed by atoms with Crippen molar-refractivity contribution >= 4 is 11.7 Å². The number of ether oxygens (including phenoxy) is 1. The first-order valence-corrected chi connectivity index (χ1v) is 6.94. The molecule has 1 fully saturated rings. The van der Waals surface area contributed by atoms with Crippen molar-refractivity contribution in [2.75, 3.05) is 25.5 Å². The standard InChI is InChI=1S/C15H22N2O2/c1-17(11-10-14-9-5-6-12-19-14)15(18)16-13-7-3-2-4-8-13/h2-4,7-8,14H,5-6,9-12H2,1H3,(H,16,18)/t14-/m1/s1. The lowest BCUT2D eigenvalue weighted by Crippen LogP contribution is -2.34. The van der Waals surface area contributed by atoms with Crippen LogP contribution in [0.2, 0.25) is 0 Å². The lowest BCUT2D eigenvalue weighted by molar-refractivity contribution is 0.00848. The van der Waals surface area contributed by atoms with Gasteiger partial charge in [0.1, 0.15) is 0 Å². The second-order valence-corrected chi connectivity index (χ2v) is 4.99. The fourth-order valence-electron chi connectivity index (χ4n) is 2.21. The van der Waals surface area contributed by atoms with Crippen LogP contribution in [0.1, 0.15) is 25.7 Å². The van der Waals surface area contributed by atoms with Gasteiger partial charge in [-0.05, 0) is 37.8 Å². The van der Waals surface area contributed by atoms with Crippen LogP contribution in [0.3, 0.4) is 0 Å².